The Hall–Kier alpha value is -1.50. The van der Waals surface area contributed by atoms with E-state index in [1.807, 2.05) is 0 Å². The van der Waals surface area contributed by atoms with Gasteiger partial charge in [-0.05, 0) is 24.3 Å². The Labute approximate surface area is 120 Å². The first-order chi connectivity index (χ1) is 8.88. The molecule has 0 saturated heterocycles. The molecule has 0 spiro atoms. The molecule has 100 valence electrons. The van der Waals surface area contributed by atoms with Gasteiger partial charge in [-0.1, -0.05) is 23.2 Å². The number of halogens is 2. The summed E-state index contributed by atoms with van der Waals surface area (Å²) in [6, 6.07) is 5.50. The number of nitrogens with two attached hydrogens (primary N) is 1. The summed E-state index contributed by atoms with van der Waals surface area (Å²) in [5.41, 5.74) is 6.09. The third-order valence-corrected chi connectivity index (χ3v) is 4.02. The number of nitrogens with one attached hydrogen (secondary N) is 1. The molecule has 1 aromatic heterocycles. The number of hydrogen-bond acceptors (Lipinski definition) is 4. The van der Waals surface area contributed by atoms with E-state index in [2.05, 4.69) is 9.71 Å². The predicted molar refractivity (Wildman–Crippen MR) is 75.9 cm³/mol. The Morgan fingerprint density at radius 2 is 1.79 bits per heavy atom. The number of nitrogens with zero attached hydrogens (tertiary/aromatic N) is 1. The number of hydrogen-bond donors (Lipinski definition) is 2. The van der Waals surface area contributed by atoms with Gasteiger partial charge in [0.1, 0.15) is 0 Å². The second-order valence-electron chi connectivity index (χ2n) is 3.67. The van der Waals surface area contributed by atoms with Crippen LogP contribution in [-0.4, -0.2) is 13.4 Å². The summed E-state index contributed by atoms with van der Waals surface area (Å²) >= 11 is 11.6. The lowest BCUT2D eigenvalue weighted by atomic mass is 10.4. The van der Waals surface area contributed by atoms with E-state index in [1.165, 1.54) is 36.7 Å². The van der Waals surface area contributed by atoms with Crippen LogP contribution in [0.25, 0.3) is 0 Å². The molecule has 0 saturated carbocycles. The summed E-state index contributed by atoms with van der Waals surface area (Å²) in [5, 5.41) is 0.464. The maximum absolute atomic E-state index is 12.2. The van der Waals surface area contributed by atoms with Gasteiger partial charge in [-0.2, -0.15) is 0 Å². The molecule has 3 N–H and O–H groups in total. The molecule has 1 aromatic carbocycles. The Kier molecular flexibility index (Phi) is 3.84. The molecule has 0 atom stereocenters. The summed E-state index contributed by atoms with van der Waals surface area (Å²) in [4.78, 5) is 3.73. The minimum absolute atomic E-state index is 0.0405. The van der Waals surface area contributed by atoms with Crippen LogP contribution in [-0.2, 0) is 10.0 Å². The van der Waals surface area contributed by atoms with Crippen molar-refractivity contribution in [3.05, 3.63) is 46.7 Å². The standard InChI is InChI=1S/C11H9Cl2N3O2S/c12-7-3-8(13)5-9(4-7)19(17,18)16-11-1-2-15-6-10(11)14/h1-6H,14H2,(H,15,16). The normalized spacial score (nSPS) is 11.3. The van der Waals surface area contributed by atoms with Gasteiger partial charge in [-0.25, -0.2) is 8.42 Å². The van der Waals surface area contributed by atoms with Crippen LogP contribution >= 0.6 is 23.2 Å². The van der Waals surface area contributed by atoms with Crippen molar-refractivity contribution in [2.24, 2.45) is 0 Å². The van der Waals surface area contributed by atoms with Gasteiger partial charge in [-0.3, -0.25) is 9.71 Å². The van der Waals surface area contributed by atoms with Crippen molar-refractivity contribution in [1.82, 2.24) is 4.98 Å². The fourth-order valence-corrected chi connectivity index (χ4v) is 3.20. The van der Waals surface area contributed by atoms with Gasteiger partial charge in [0.2, 0.25) is 0 Å². The zero-order valence-corrected chi connectivity index (χ0v) is 11.8. The molecule has 0 aliphatic carbocycles. The van der Waals surface area contributed by atoms with E-state index in [1.54, 1.807) is 0 Å². The molecule has 0 amide bonds. The fourth-order valence-electron chi connectivity index (χ4n) is 1.39. The van der Waals surface area contributed by atoms with Gasteiger partial charge < -0.3 is 5.73 Å². The van der Waals surface area contributed by atoms with E-state index in [4.69, 9.17) is 28.9 Å². The maximum atomic E-state index is 12.2. The van der Waals surface area contributed by atoms with Gasteiger partial charge in [0, 0.05) is 16.2 Å². The first-order valence-corrected chi connectivity index (χ1v) is 7.31. The number of anilines is 2. The first-order valence-electron chi connectivity index (χ1n) is 5.07. The van der Waals surface area contributed by atoms with Gasteiger partial charge in [0.05, 0.1) is 22.5 Å². The number of sulfonamides is 1. The molecule has 2 aromatic rings. The number of benzene rings is 1. The highest BCUT2D eigenvalue weighted by Crippen LogP contribution is 2.25. The van der Waals surface area contributed by atoms with Crippen molar-refractivity contribution < 1.29 is 8.42 Å². The number of nitrogen functional groups attached to an aromatic ring is 1. The highest BCUT2D eigenvalue weighted by molar-refractivity contribution is 7.92. The summed E-state index contributed by atoms with van der Waals surface area (Å²) in [7, 11) is -3.81. The average Bonchev–Trinajstić information content (AvgIpc) is 2.31. The van der Waals surface area contributed by atoms with E-state index in [9.17, 15) is 8.42 Å². The number of rotatable bonds is 3. The molecule has 0 bridgehead atoms. The highest BCUT2D eigenvalue weighted by Gasteiger charge is 2.16. The molecule has 8 heteroatoms. The molecule has 1 heterocycles. The molecule has 0 aliphatic rings. The summed E-state index contributed by atoms with van der Waals surface area (Å²) in [6.45, 7) is 0. The molecule has 5 nitrogen and oxygen atoms in total. The van der Waals surface area contributed by atoms with Crippen LogP contribution in [0.5, 0.6) is 0 Å². The monoisotopic (exact) mass is 317 g/mol. The van der Waals surface area contributed by atoms with Gasteiger partial charge in [0.25, 0.3) is 10.0 Å². The molecule has 19 heavy (non-hydrogen) atoms. The van der Waals surface area contributed by atoms with Gasteiger partial charge in [-0.15, -0.1) is 0 Å². The lowest BCUT2D eigenvalue weighted by molar-refractivity contribution is 0.601. The van der Waals surface area contributed by atoms with Gasteiger partial charge >= 0.3 is 0 Å². The Balaban J connectivity index is 2.41. The number of aromatic nitrogens is 1. The van der Waals surface area contributed by atoms with Crippen molar-refractivity contribution in [2.75, 3.05) is 10.5 Å². The zero-order chi connectivity index (χ0) is 14.0. The Bertz CT molecular complexity index is 699. The van der Waals surface area contributed by atoms with Crippen LogP contribution in [0.1, 0.15) is 0 Å². The average molecular weight is 318 g/mol. The van der Waals surface area contributed by atoms with Crippen LogP contribution in [0.3, 0.4) is 0 Å². The smallest absolute Gasteiger partial charge is 0.262 e. The van der Waals surface area contributed by atoms with Crippen molar-refractivity contribution >= 4 is 44.6 Å². The molecular formula is C11H9Cl2N3O2S. The Morgan fingerprint density at radius 1 is 1.16 bits per heavy atom. The predicted octanol–water partition coefficient (Wildman–Crippen LogP) is 2.77. The minimum atomic E-state index is -3.81. The Morgan fingerprint density at radius 3 is 2.37 bits per heavy atom. The SMILES string of the molecule is Nc1cnccc1NS(=O)(=O)c1cc(Cl)cc(Cl)c1. The summed E-state index contributed by atoms with van der Waals surface area (Å²) < 4.78 is 26.7. The van der Waals surface area contributed by atoms with Crippen molar-refractivity contribution in [1.29, 1.82) is 0 Å². The minimum Gasteiger partial charge on any atom is -0.396 e. The van der Waals surface area contributed by atoms with Crippen LogP contribution < -0.4 is 10.5 Å². The van der Waals surface area contributed by atoms with Crippen LogP contribution in [0.4, 0.5) is 11.4 Å². The second-order valence-corrected chi connectivity index (χ2v) is 6.23. The molecule has 0 aliphatic heterocycles. The van der Waals surface area contributed by atoms with Crippen LogP contribution in [0, 0.1) is 0 Å². The highest BCUT2D eigenvalue weighted by atomic mass is 35.5. The third-order valence-electron chi connectivity index (χ3n) is 2.24. The largest absolute Gasteiger partial charge is 0.396 e. The quantitative estimate of drug-likeness (QED) is 0.911. The molecule has 0 radical (unpaired) electrons. The third kappa shape index (κ3) is 3.28. The topological polar surface area (TPSA) is 85.1 Å². The number of pyridine rings is 1. The summed E-state index contributed by atoms with van der Waals surface area (Å²) in [5.74, 6) is 0. The van der Waals surface area contributed by atoms with E-state index in [0.717, 1.165) is 0 Å². The van der Waals surface area contributed by atoms with E-state index >= 15 is 0 Å². The van der Waals surface area contributed by atoms with Crippen molar-refractivity contribution in [3.63, 3.8) is 0 Å². The molecule has 2 rings (SSSR count). The first kappa shape index (κ1) is 13.9. The maximum Gasteiger partial charge on any atom is 0.262 e. The van der Waals surface area contributed by atoms with Crippen molar-refractivity contribution in [3.8, 4) is 0 Å². The molecule has 0 unspecified atom stereocenters. The summed E-state index contributed by atoms with van der Waals surface area (Å²) in [6.07, 6.45) is 2.78. The van der Waals surface area contributed by atoms with Gasteiger partial charge in [0.15, 0.2) is 0 Å². The fraction of sp³-hybridized carbons (Fsp3) is 0. The molecule has 0 fully saturated rings. The lowest BCUT2D eigenvalue weighted by Crippen LogP contribution is -2.14. The van der Waals surface area contributed by atoms with Crippen LogP contribution in [0.2, 0.25) is 10.0 Å². The van der Waals surface area contributed by atoms with Crippen molar-refractivity contribution in [2.45, 2.75) is 4.90 Å². The van der Waals surface area contributed by atoms with E-state index in [-0.39, 0.29) is 26.3 Å². The zero-order valence-electron chi connectivity index (χ0n) is 9.47. The van der Waals surface area contributed by atoms with E-state index in [0.29, 0.717) is 0 Å². The van der Waals surface area contributed by atoms with Crippen LogP contribution in [0.15, 0.2) is 41.6 Å². The van der Waals surface area contributed by atoms with E-state index < -0.39 is 10.0 Å². The lowest BCUT2D eigenvalue weighted by Gasteiger charge is -2.10. The second kappa shape index (κ2) is 5.24. The molecular weight excluding hydrogens is 309 g/mol.